The number of pyridine rings is 1. The molecule has 1 aromatic heterocycles. The standard InChI is InChI=1S/C15H25N3S/c1-4-6-9-18(12(3)5-2)11-13-7-8-17-14(10-13)15(16)19/h7-8,10,12H,4-6,9,11H2,1-3H3,(H2,16,19). The van der Waals surface area contributed by atoms with Crippen LogP contribution in [0, 0.1) is 0 Å². The third kappa shape index (κ3) is 5.25. The van der Waals surface area contributed by atoms with E-state index in [1.807, 2.05) is 12.1 Å². The number of thiocarbonyl (C=S) groups is 1. The summed E-state index contributed by atoms with van der Waals surface area (Å²) in [7, 11) is 0. The Balaban J connectivity index is 2.77. The van der Waals surface area contributed by atoms with Gasteiger partial charge >= 0.3 is 0 Å². The summed E-state index contributed by atoms with van der Waals surface area (Å²) >= 11 is 4.98. The van der Waals surface area contributed by atoms with Gasteiger partial charge < -0.3 is 5.73 Å². The second-order valence-electron chi connectivity index (χ2n) is 4.99. The van der Waals surface area contributed by atoms with Gasteiger partial charge in [0.1, 0.15) is 4.99 Å². The summed E-state index contributed by atoms with van der Waals surface area (Å²) in [4.78, 5) is 7.07. The van der Waals surface area contributed by atoms with Gasteiger partial charge in [-0.2, -0.15) is 0 Å². The molecule has 0 saturated heterocycles. The van der Waals surface area contributed by atoms with Crippen molar-refractivity contribution in [1.29, 1.82) is 0 Å². The summed E-state index contributed by atoms with van der Waals surface area (Å²) in [6.07, 6.45) is 5.41. The number of hydrogen-bond acceptors (Lipinski definition) is 3. The maximum absolute atomic E-state index is 5.63. The second kappa shape index (κ2) is 8.23. The summed E-state index contributed by atoms with van der Waals surface area (Å²) < 4.78 is 0. The molecule has 1 rings (SSSR count). The number of nitrogens with zero attached hydrogens (tertiary/aromatic N) is 2. The Hall–Kier alpha value is -1.00. The Morgan fingerprint density at radius 3 is 2.79 bits per heavy atom. The summed E-state index contributed by atoms with van der Waals surface area (Å²) in [5, 5.41) is 0. The van der Waals surface area contributed by atoms with Gasteiger partial charge in [-0.1, -0.05) is 32.5 Å². The molecule has 0 amide bonds. The third-order valence-corrected chi connectivity index (χ3v) is 3.68. The molecular weight excluding hydrogens is 254 g/mol. The molecule has 1 aromatic rings. The minimum Gasteiger partial charge on any atom is -0.388 e. The molecule has 0 aromatic carbocycles. The summed E-state index contributed by atoms with van der Waals surface area (Å²) in [5.74, 6) is 0. The van der Waals surface area contributed by atoms with Gasteiger partial charge in [0, 0.05) is 18.8 Å². The molecule has 0 saturated carbocycles. The van der Waals surface area contributed by atoms with Gasteiger partial charge in [-0.3, -0.25) is 9.88 Å². The maximum atomic E-state index is 5.63. The molecule has 0 bridgehead atoms. The molecule has 1 atom stereocenters. The first-order valence-electron chi connectivity index (χ1n) is 7.07. The average Bonchev–Trinajstić information content (AvgIpc) is 2.42. The van der Waals surface area contributed by atoms with E-state index in [1.54, 1.807) is 6.20 Å². The third-order valence-electron chi connectivity index (χ3n) is 3.48. The molecule has 4 heteroatoms. The molecule has 0 fully saturated rings. The van der Waals surface area contributed by atoms with Gasteiger partial charge in [-0.05, 0) is 44.0 Å². The van der Waals surface area contributed by atoms with Crippen LogP contribution in [0.3, 0.4) is 0 Å². The van der Waals surface area contributed by atoms with Crippen LogP contribution in [-0.2, 0) is 6.54 Å². The Kier molecular flexibility index (Phi) is 6.95. The molecule has 1 unspecified atom stereocenters. The van der Waals surface area contributed by atoms with E-state index in [0.717, 1.165) is 19.5 Å². The Morgan fingerprint density at radius 2 is 2.21 bits per heavy atom. The summed E-state index contributed by atoms with van der Waals surface area (Å²) in [5.41, 5.74) is 7.58. The van der Waals surface area contributed by atoms with Crippen molar-refractivity contribution in [2.75, 3.05) is 6.54 Å². The van der Waals surface area contributed by atoms with Gasteiger partial charge in [-0.15, -0.1) is 0 Å². The van der Waals surface area contributed by atoms with Crippen molar-refractivity contribution in [3.63, 3.8) is 0 Å². The van der Waals surface area contributed by atoms with Crippen molar-refractivity contribution >= 4 is 17.2 Å². The van der Waals surface area contributed by atoms with Gasteiger partial charge in [0.25, 0.3) is 0 Å². The first-order valence-corrected chi connectivity index (χ1v) is 7.48. The lowest BCUT2D eigenvalue weighted by molar-refractivity contribution is 0.192. The smallest absolute Gasteiger partial charge is 0.122 e. The topological polar surface area (TPSA) is 42.2 Å². The first-order chi connectivity index (χ1) is 9.08. The van der Waals surface area contributed by atoms with E-state index in [2.05, 4.69) is 30.7 Å². The lowest BCUT2D eigenvalue weighted by Crippen LogP contribution is -2.33. The van der Waals surface area contributed by atoms with Crippen molar-refractivity contribution in [3.05, 3.63) is 29.6 Å². The van der Waals surface area contributed by atoms with Crippen molar-refractivity contribution in [2.24, 2.45) is 5.73 Å². The molecular formula is C15H25N3S. The van der Waals surface area contributed by atoms with Crippen molar-refractivity contribution in [3.8, 4) is 0 Å². The number of nitrogens with two attached hydrogens (primary N) is 1. The zero-order valence-electron chi connectivity index (χ0n) is 12.2. The van der Waals surface area contributed by atoms with E-state index in [4.69, 9.17) is 18.0 Å². The number of unbranched alkanes of at least 4 members (excludes halogenated alkanes) is 1. The Morgan fingerprint density at radius 1 is 1.47 bits per heavy atom. The zero-order valence-corrected chi connectivity index (χ0v) is 13.0. The van der Waals surface area contributed by atoms with Gasteiger partial charge in [0.15, 0.2) is 0 Å². The van der Waals surface area contributed by atoms with Crippen LogP contribution in [-0.4, -0.2) is 27.5 Å². The largest absolute Gasteiger partial charge is 0.388 e. The summed E-state index contributed by atoms with van der Waals surface area (Å²) in [6.45, 7) is 8.82. The van der Waals surface area contributed by atoms with E-state index >= 15 is 0 Å². The van der Waals surface area contributed by atoms with Gasteiger partial charge in [0.05, 0.1) is 5.69 Å². The van der Waals surface area contributed by atoms with Crippen molar-refractivity contribution in [2.45, 2.75) is 52.6 Å². The molecule has 0 aliphatic heterocycles. The fourth-order valence-corrected chi connectivity index (χ4v) is 2.13. The number of aromatic nitrogens is 1. The van der Waals surface area contributed by atoms with E-state index < -0.39 is 0 Å². The summed E-state index contributed by atoms with van der Waals surface area (Å²) in [6, 6.07) is 4.64. The Labute approximate surface area is 122 Å². The quantitative estimate of drug-likeness (QED) is 0.742. The van der Waals surface area contributed by atoms with Crippen LogP contribution in [0.15, 0.2) is 18.3 Å². The van der Waals surface area contributed by atoms with Crippen LogP contribution in [0.25, 0.3) is 0 Å². The normalized spacial score (nSPS) is 12.6. The molecule has 0 radical (unpaired) electrons. The fourth-order valence-electron chi connectivity index (χ4n) is 2.02. The van der Waals surface area contributed by atoms with E-state index in [1.165, 1.54) is 18.4 Å². The highest BCUT2D eigenvalue weighted by Gasteiger charge is 2.12. The number of rotatable bonds is 8. The zero-order chi connectivity index (χ0) is 14.3. The van der Waals surface area contributed by atoms with Crippen LogP contribution in [0.4, 0.5) is 0 Å². The second-order valence-corrected chi connectivity index (χ2v) is 5.43. The van der Waals surface area contributed by atoms with Crippen LogP contribution in [0.1, 0.15) is 51.3 Å². The maximum Gasteiger partial charge on any atom is 0.122 e. The highest BCUT2D eigenvalue weighted by Crippen LogP contribution is 2.12. The lowest BCUT2D eigenvalue weighted by atomic mass is 10.1. The first kappa shape index (κ1) is 16.1. The molecule has 1 heterocycles. The lowest BCUT2D eigenvalue weighted by Gasteiger charge is -2.28. The van der Waals surface area contributed by atoms with E-state index in [0.29, 0.717) is 16.7 Å². The molecule has 0 aliphatic carbocycles. The van der Waals surface area contributed by atoms with Crippen LogP contribution < -0.4 is 5.73 Å². The van der Waals surface area contributed by atoms with Crippen molar-refractivity contribution < 1.29 is 0 Å². The molecule has 2 N–H and O–H groups in total. The highest BCUT2D eigenvalue weighted by molar-refractivity contribution is 7.80. The van der Waals surface area contributed by atoms with Crippen LogP contribution >= 0.6 is 12.2 Å². The van der Waals surface area contributed by atoms with E-state index in [9.17, 15) is 0 Å². The fraction of sp³-hybridized carbons (Fsp3) is 0.600. The minimum absolute atomic E-state index is 0.366. The van der Waals surface area contributed by atoms with Crippen molar-refractivity contribution in [1.82, 2.24) is 9.88 Å². The average molecular weight is 279 g/mol. The molecule has 19 heavy (non-hydrogen) atoms. The predicted molar refractivity (Wildman–Crippen MR) is 85.2 cm³/mol. The predicted octanol–water partition coefficient (Wildman–Crippen LogP) is 3.12. The van der Waals surface area contributed by atoms with E-state index in [-0.39, 0.29) is 0 Å². The molecule has 106 valence electrons. The molecule has 0 spiro atoms. The molecule has 3 nitrogen and oxygen atoms in total. The molecule has 0 aliphatic rings. The highest BCUT2D eigenvalue weighted by atomic mass is 32.1. The van der Waals surface area contributed by atoms with Gasteiger partial charge in [0.2, 0.25) is 0 Å². The number of hydrogen-bond donors (Lipinski definition) is 1. The monoisotopic (exact) mass is 279 g/mol. The SMILES string of the molecule is CCCCN(Cc1ccnc(C(N)=S)c1)C(C)CC. The van der Waals surface area contributed by atoms with Gasteiger partial charge in [-0.25, -0.2) is 0 Å². The minimum atomic E-state index is 0.366. The van der Waals surface area contributed by atoms with Crippen LogP contribution in [0.2, 0.25) is 0 Å². The Bertz CT molecular complexity index is 406. The van der Waals surface area contributed by atoms with Crippen LogP contribution in [0.5, 0.6) is 0 Å².